The second-order valence-electron chi connectivity index (χ2n) is 5.27. The van der Waals surface area contributed by atoms with Crippen molar-refractivity contribution < 1.29 is 14.3 Å². The first-order valence-corrected chi connectivity index (χ1v) is 7.43. The Morgan fingerprint density at radius 1 is 1.33 bits per heavy atom. The minimum absolute atomic E-state index is 0.154. The quantitative estimate of drug-likeness (QED) is 0.799. The number of ether oxygens (including phenoxy) is 2. The van der Waals surface area contributed by atoms with E-state index in [1.54, 1.807) is 20.1 Å². The standard InChI is InChI=1S/C16H26N2O3/c1-6-10-16(4,20-5)15(19)18-13-8-9-14(17-12(13)3)21-11-7-2/h8-9H,6-7,10-11H2,1-5H3,(H,18,19)/t16-/m1/s1. The van der Waals surface area contributed by atoms with Crippen LogP contribution in [0.25, 0.3) is 0 Å². The molecule has 0 aliphatic carbocycles. The number of nitrogens with one attached hydrogen (secondary N) is 1. The Morgan fingerprint density at radius 2 is 2.05 bits per heavy atom. The Kier molecular flexibility index (Phi) is 6.62. The molecule has 0 aliphatic heterocycles. The molecule has 1 rings (SSSR count). The number of carbonyl (C=O) groups is 1. The lowest BCUT2D eigenvalue weighted by Gasteiger charge is -2.26. The van der Waals surface area contributed by atoms with Gasteiger partial charge in [-0.3, -0.25) is 4.79 Å². The minimum atomic E-state index is -0.821. The van der Waals surface area contributed by atoms with Crippen LogP contribution in [0.15, 0.2) is 12.1 Å². The molecule has 0 aliphatic rings. The highest BCUT2D eigenvalue weighted by molar-refractivity contribution is 5.97. The van der Waals surface area contributed by atoms with E-state index in [0.717, 1.165) is 18.5 Å². The molecule has 1 N–H and O–H groups in total. The number of hydrogen-bond acceptors (Lipinski definition) is 4. The fourth-order valence-corrected chi connectivity index (χ4v) is 2.00. The van der Waals surface area contributed by atoms with Crippen molar-refractivity contribution in [2.45, 2.75) is 52.6 Å². The van der Waals surface area contributed by atoms with Crippen molar-refractivity contribution in [1.29, 1.82) is 0 Å². The SMILES string of the molecule is CCCOc1ccc(NC(=O)[C@@](C)(CCC)OC)c(C)n1. The van der Waals surface area contributed by atoms with Crippen molar-refractivity contribution in [3.63, 3.8) is 0 Å². The van der Waals surface area contributed by atoms with Gasteiger partial charge < -0.3 is 14.8 Å². The van der Waals surface area contributed by atoms with Crippen molar-refractivity contribution in [3.05, 3.63) is 17.8 Å². The fourth-order valence-electron chi connectivity index (χ4n) is 2.00. The lowest BCUT2D eigenvalue weighted by Crippen LogP contribution is -2.42. The van der Waals surface area contributed by atoms with Gasteiger partial charge in [0.15, 0.2) is 0 Å². The Morgan fingerprint density at radius 3 is 2.57 bits per heavy atom. The summed E-state index contributed by atoms with van der Waals surface area (Å²) in [4.78, 5) is 16.7. The smallest absolute Gasteiger partial charge is 0.256 e. The number of nitrogens with zero attached hydrogens (tertiary/aromatic N) is 1. The highest BCUT2D eigenvalue weighted by Crippen LogP contribution is 2.22. The van der Waals surface area contributed by atoms with Gasteiger partial charge in [-0.15, -0.1) is 0 Å². The molecule has 1 aromatic heterocycles. The van der Waals surface area contributed by atoms with E-state index < -0.39 is 5.60 Å². The Labute approximate surface area is 127 Å². The van der Waals surface area contributed by atoms with Crippen LogP contribution in [0.2, 0.25) is 0 Å². The maximum atomic E-state index is 12.4. The molecule has 5 nitrogen and oxygen atoms in total. The van der Waals surface area contributed by atoms with Gasteiger partial charge in [-0.25, -0.2) is 4.98 Å². The number of aromatic nitrogens is 1. The summed E-state index contributed by atoms with van der Waals surface area (Å²) in [5, 5.41) is 2.89. The molecule has 0 bridgehead atoms. The molecular weight excluding hydrogens is 268 g/mol. The van der Waals surface area contributed by atoms with Crippen LogP contribution in [0.5, 0.6) is 5.88 Å². The monoisotopic (exact) mass is 294 g/mol. The van der Waals surface area contributed by atoms with Crippen molar-refractivity contribution >= 4 is 11.6 Å². The molecule has 0 saturated carbocycles. The van der Waals surface area contributed by atoms with Gasteiger partial charge in [0, 0.05) is 13.2 Å². The van der Waals surface area contributed by atoms with Crippen LogP contribution in [0.3, 0.4) is 0 Å². The topological polar surface area (TPSA) is 60.5 Å². The van der Waals surface area contributed by atoms with Crippen molar-refractivity contribution in [2.24, 2.45) is 0 Å². The van der Waals surface area contributed by atoms with Gasteiger partial charge in [-0.1, -0.05) is 20.3 Å². The van der Waals surface area contributed by atoms with Crippen LogP contribution in [0.4, 0.5) is 5.69 Å². The zero-order chi connectivity index (χ0) is 15.9. The van der Waals surface area contributed by atoms with E-state index in [9.17, 15) is 4.79 Å². The molecule has 1 atom stereocenters. The van der Waals surface area contributed by atoms with Gasteiger partial charge in [0.1, 0.15) is 5.60 Å². The van der Waals surface area contributed by atoms with Gasteiger partial charge in [-0.2, -0.15) is 0 Å². The third-order valence-corrected chi connectivity index (χ3v) is 3.42. The van der Waals surface area contributed by atoms with E-state index in [-0.39, 0.29) is 5.91 Å². The first-order chi connectivity index (χ1) is 9.96. The van der Waals surface area contributed by atoms with Gasteiger partial charge in [-0.05, 0) is 32.8 Å². The van der Waals surface area contributed by atoms with Crippen LogP contribution in [-0.2, 0) is 9.53 Å². The van der Waals surface area contributed by atoms with Gasteiger partial charge in [0.25, 0.3) is 5.91 Å². The third-order valence-electron chi connectivity index (χ3n) is 3.42. The van der Waals surface area contributed by atoms with E-state index >= 15 is 0 Å². The maximum absolute atomic E-state index is 12.4. The second-order valence-corrected chi connectivity index (χ2v) is 5.27. The van der Waals surface area contributed by atoms with E-state index in [2.05, 4.69) is 10.3 Å². The molecule has 1 aromatic rings. The normalized spacial score (nSPS) is 13.6. The number of rotatable bonds is 8. The van der Waals surface area contributed by atoms with Gasteiger partial charge in [0.2, 0.25) is 5.88 Å². The molecule has 0 radical (unpaired) electrons. The number of amides is 1. The van der Waals surface area contributed by atoms with Crippen LogP contribution in [-0.4, -0.2) is 30.2 Å². The molecule has 0 fully saturated rings. The molecule has 0 saturated heterocycles. The summed E-state index contributed by atoms with van der Waals surface area (Å²) in [5.74, 6) is 0.425. The summed E-state index contributed by atoms with van der Waals surface area (Å²) in [6.07, 6.45) is 2.47. The molecule has 0 spiro atoms. The molecule has 0 unspecified atom stereocenters. The molecule has 1 amide bonds. The van der Waals surface area contributed by atoms with E-state index in [1.165, 1.54) is 0 Å². The van der Waals surface area contributed by atoms with Crippen molar-refractivity contribution in [3.8, 4) is 5.88 Å². The van der Waals surface area contributed by atoms with E-state index in [0.29, 0.717) is 24.6 Å². The largest absolute Gasteiger partial charge is 0.478 e. The number of hydrogen-bond donors (Lipinski definition) is 1. The Bertz CT molecular complexity index is 477. The summed E-state index contributed by atoms with van der Waals surface area (Å²) in [6.45, 7) is 8.35. The third kappa shape index (κ3) is 4.70. The number of aryl methyl sites for hydroxylation is 1. The molecule has 118 valence electrons. The lowest BCUT2D eigenvalue weighted by molar-refractivity contribution is -0.136. The Hall–Kier alpha value is -1.62. The maximum Gasteiger partial charge on any atom is 0.256 e. The second kappa shape index (κ2) is 7.98. The average molecular weight is 294 g/mol. The highest BCUT2D eigenvalue weighted by atomic mass is 16.5. The minimum Gasteiger partial charge on any atom is -0.478 e. The number of anilines is 1. The molecular formula is C16H26N2O3. The zero-order valence-corrected chi connectivity index (χ0v) is 13.7. The number of pyridine rings is 1. The predicted octanol–water partition coefficient (Wildman–Crippen LogP) is 3.32. The predicted molar refractivity (Wildman–Crippen MR) is 83.7 cm³/mol. The van der Waals surface area contributed by atoms with E-state index in [4.69, 9.17) is 9.47 Å². The molecule has 0 aromatic carbocycles. The first kappa shape index (κ1) is 17.4. The van der Waals surface area contributed by atoms with Crippen LogP contribution >= 0.6 is 0 Å². The molecule has 5 heteroatoms. The fraction of sp³-hybridized carbons (Fsp3) is 0.625. The van der Waals surface area contributed by atoms with Gasteiger partial charge >= 0.3 is 0 Å². The summed E-state index contributed by atoms with van der Waals surface area (Å²) < 4.78 is 10.8. The number of carbonyl (C=O) groups excluding carboxylic acids is 1. The molecule has 21 heavy (non-hydrogen) atoms. The van der Waals surface area contributed by atoms with Crippen LogP contribution < -0.4 is 10.1 Å². The average Bonchev–Trinajstić information content (AvgIpc) is 2.47. The summed E-state index contributed by atoms with van der Waals surface area (Å²) in [6, 6.07) is 3.58. The zero-order valence-electron chi connectivity index (χ0n) is 13.7. The summed E-state index contributed by atoms with van der Waals surface area (Å²) in [7, 11) is 1.56. The number of methoxy groups -OCH3 is 1. The van der Waals surface area contributed by atoms with E-state index in [1.807, 2.05) is 26.8 Å². The van der Waals surface area contributed by atoms with Gasteiger partial charge in [0.05, 0.1) is 18.0 Å². The summed E-state index contributed by atoms with van der Waals surface area (Å²) in [5.41, 5.74) is 0.591. The van der Waals surface area contributed by atoms with Crippen LogP contribution in [0, 0.1) is 6.92 Å². The van der Waals surface area contributed by atoms with Crippen molar-refractivity contribution in [1.82, 2.24) is 4.98 Å². The van der Waals surface area contributed by atoms with Crippen LogP contribution in [0.1, 0.15) is 45.7 Å². The van der Waals surface area contributed by atoms with Crippen molar-refractivity contribution in [2.75, 3.05) is 19.0 Å². The highest BCUT2D eigenvalue weighted by Gasteiger charge is 2.32. The first-order valence-electron chi connectivity index (χ1n) is 7.43. The lowest BCUT2D eigenvalue weighted by atomic mass is 9.99. The Balaban J connectivity index is 2.80. The molecule has 1 heterocycles. The summed E-state index contributed by atoms with van der Waals surface area (Å²) >= 11 is 0.